The molecule has 0 spiro atoms. The lowest BCUT2D eigenvalue weighted by atomic mass is 10.1. The first-order valence-electron chi connectivity index (χ1n) is 8.11. The molecule has 1 N–H and O–H groups in total. The Bertz CT molecular complexity index is 1080. The van der Waals surface area contributed by atoms with Crippen LogP contribution in [0.4, 0.5) is 5.69 Å². The topological polar surface area (TPSA) is 80.9 Å². The van der Waals surface area contributed by atoms with E-state index in [1.807, 2.05) is 12.1 Å². The lowest BCUT2D eigenvalue weighted by Crippen LogP contribution is -2.11. The molecule has 6 nitrogen and oxygen atoms in total. The second-order valence-electron chi connectivity index (χ2n) is 5.68. The molecule has 7 heteroatoms. The number of rotatable bonds is 4. The number of hydrogen-bond acceptors (Lipinski definition) is 5. The summed E-state index contributed by atoms with van der Waals surface area (Å²) in [5, 5.41) is 7.32. The van der Waals surface area contributed by atoms with Crippen LogP contribution in [-0.4, -0.2) is 21.0 Å². The Morgan fingerprint density at radius 3 is 2.59 bits per heavy atom. The largest absolute Gasteiger partial charge is 0.332 e. The lowest BCUT2D eigenvalue weighted by Gasteiger charge is -2.06. The minimum atomic E-state index is -0.234. The van der Waals surface area contributed by atoms with Gasteiger partial charge in [0.05, 0.1) is 0 Å². The molecule has 0 aliphatic rings. The Labute approximate surface area is 159 Å². The molecule has 0 aliphatic heterocycles. The maximum atomic E-state index is 12.3. The van der Waals surface area contributed by atoms with Gasteiger partial charge >= 0.3 is 0 Å². The molecular formula is C20H13ClN4O2. The van der Waals surface area contributed by atoms with Gasteiger partial charge in [0.1, 0.15) is 5.69 Å². The van der Waals surface area contributed by atoms with E-state index in [0.29, 0.717) is 33.7 Å². The number of anilines is 1. The highest BCUT2D eigenvalue weighted by atomic mass is 35.5. The molecule has 132 valence electrons. The number of carbonyl (C=O) groups excluding carboxylic acids is 1. The van der Waals surface area contributed by atoms with Crippen molar-refractivity contribution in [1.82, 2.24) is 15.1 Å². The highest BCUT2D eigenvalue weighted by molar-refractivity contribution is 6.31. The van der Waals surface area contributed by atoms with Crippen molar-refractivity contribution in [3.63, 3.8) is 0 Å². The first-order chi connectivity index (χ1) is 13.2. The van der Waals surface area contributed by atoms with E-state index in [2.05, 4.69) is 20.4 Å². The third-order valence-corrected chi connectivity index (χ3v) is 4.03. The van der Waals surface area contributed by atoms with Gasteiger partial charge in [0, 0.05) is 28.0 Å². The summed E-state index contributed by atoms with van der Waals surface area (Å²) in [6.07, 6.45) is 1.66. The van der Waals surface area contributed by atoms with Crippen LogP contribution in [0.2, 0.25) is 5.02 Å². The molecule has 0 atom stereocenters. The lowest BCUT2D eigenvalue weighted by molar-refractivity contribution is 0.102. The van der Waals surface area contributed by atoms with Crippen LogP contribution in [0.25, 0.3) is 23.0 Å². The van der Waals surface area contributed by atoms with Crippen molar-refractivity contribution in [3.05, 3.63) is 83.5 Å². The van der Waals surface area contributed by atoms with Crippen LogP contribution in [0.5, 0.6) is 0 Å². The van der Waals surface area contributed by atoms with E-state index in [1.165, 1.54) is 0 Å². The smallest absolute Gasteiger partial charge is 0.276 e. The van der Waals surface area contributed by atoms with Gasteiger partial charge in [-0.2, -0.15) is 4.98 Å². The second kappa shape index (κ2) is 7.39. The summed E-state index contributed by atoms with van der Waals surface area (Å²) in [7, 11) is 0. The molecular weight excluding hydrogens is 364 g/mol. The summed E-state index contributed by atoms with van der Waals surface area (Å²) >= 11 is 5.92. The standard InChI is InChI=1S/C20H13ClN4O2/c21-15-5-3-4-14(12-15)19(26)23-16-9-7-13(8-10-16)18-24-20(27-25-18)17-6-1-2-11-22-17/h1-12H,(H,23,26). The molecule has 0 fully saturated rings. The van der Waals surface area contributed by atoms with Crippen LogP contribution < -0.4 is 5.32 Å². The van der Waals surface area contributed by atoms with Gasteiger partial charge in [-0.05, 0) is 54.6 Å². The van der Waals surface area contributed by atoms with Crippen LogP contribution in [0.3, 0.4) is 0 Å². The first kappa shape index (κ1) is 16.9. The van der Waals surface area contributed by atoms with Crippen molar-refractivity contribution in [2.24, 2.45) is 0 Å². The van der Waals surface area contributed by atoms with Crippen molar-refractivity contribution >= 4 is 23.2 Å². The van der Waals surface area contributed by atoms with Crippen molar-refractivity contribution in [2.75, 3.05) is 5.32 Å². The van der Waals surface area contributed by atoms with Gasteiger partial charge in [-0.25, -0.2) is 0 Å². The Morgan fingerprint density at radius 2 is 1.85 bits per heavy atom. The van der Waals surface area contributed by atoms with E-state index in [-0.39, 0.29) is 5.91 Å². The third kappa shape index (κ3) is 3.86. The van der Waals surface area contributed by atoms with Gasteiger partial charge in [-0.3, -0.25) is 9.78 Å². The van der Waals surface area contributed by atoms with Gasteiger partial charge in [-0.15, -0.1) is 0 Å². The molecule has 2 heterocycles. The van der Waals surface area contributed by atoms with Crippen molar-refractivity contribution < 1.29 is 9.32 Å². The number of nitrogens with one attached hydrogen (secondary N) is 1. The first-order valence-corrected chi connectivity index (χ1v) is 8.49. The maximum absolute atomic E-state index is 12.3. The summed E-state index contributed by atoms with van der Waals surface area (Å²) in [5.74, 6) is 0.564. The van der Waals surface area contributed by atoms with Crippen molar-refractivity contribution in [1.29, 1.82) is 0 Å². The van der Waals surface area contributed by atoms with Gasteiger partial charge in [0.2, 0.25) is 5.82 Å². The fourth-order valence-electron chi connectivity index (χ4n) is 2.47. The number of halogens is 1. The predicted octanol–water partition coefficient (Wildman–Crippen LogP) is 4.70. The fraction of sp³-hybridized carbons (Fsp3) is 0. The molecule has 0 saturated carbocycles. The van der Waals surface area contributed by atoms with Gasteiger partial charge in [-0.1, -0.05) is 28.9 Å². The third-order valence-electron chi connectivity index (χ3n) is 3.80. The summed E-state index contributed by atoms with van der Waals surface area (Å²) < 4.78 is 5.26. The van der Waals surface area contributed by atoms with Crippen molar-refractivity contribution in [2.45, 2.75) is 0 Å². The number of hydrogen-bond donors (Lipinski definition) is 1. The van der Waals surface area contributed by atoms with Gasteiger partial charge in [0.15, 0.2) is 0 Å². The average molecular weight is 377 g/mol. The zero-order valence-electron chi connectivity index (χ0n) is 14.0. The second-order valence-corrected chi connectivity index (χ2v) is 6.12. The highest BCUT2D eigenvalue weighted by Crippen LogP contribution is 2.22. The van der Waals surface area contributed by atoms with Crippen LogP contribution >= 0.6 is 11.6 Å². The summed E-state index contributed by atoms with van der Waals surface area (Å²) in [4.78, 5) is 20.8. The van der Waals surface area contributed by atoms with E-state index >= 15 is 0 Å². The Hall–Kier alpha value is -3.51. The zero-order chi connectivity index (χ0) is 18.6. The summed E-state index contributed by atoms with van der Waals surface area (Å²) in [5.41, 5.74) is 2.52. The van der Waals surface area contributed by atoms with E-state index in [4.69, 9.17) is 16.1 Å². The summed E-state index contributed by atoms with van der Waals surface area (Å²) in [6.45, 7) is 0. The number of carbonyl (C=O) groups is 1. The van der Waals surface area contributed by atoms with Crippen LogP contribution in [0.15, 0.2) is 77.4 Å². The minimum Gasteiger partial charge on any atom is -0.332 e. The molecule has 2 aromatic carbocycles. The number of amides is 1. The number of aromatic nitrogens is 3. The normalized spacial score (nSPS) is 10.6. The number of pyridine rings is 1. The Balaban J connectivity index is 1.49. The molecule has 0 unspecified atom stereocenters. The van der Waals surface area contributed by atoms with E-state index in [0.717, 1.165) is 5.56 Å². The minimum absolute atomic E-state index is 0.234. The van der Waals surface area contributed by atoms with Crippen LogP contribution in [0.1, 0.15) is 10.4 Å². The molecule has 0 saturated heterocycles. The average Bonchev–Trinajstić information content (AvgIpc) is 3.19. The molecule has 1 amide bonds. The Kier molecular flexibility index (Phi) is 4.63. The van der Waals surface area contributed by atoms with Gasteiger partial charge < -0.3 is 9.84 Å². The molecule has 4 rings (SSSR count). The van der Waals surface area contributed by atoms with Crippen molar-refractivity contribution in [3.8, 4) is 23.0 Å². The molecule has 0 bridgehead atoms. The quantitative estimate of drug-likeness (QED) is 0.558. The number of benzene rings is 2. The van der Waals surface area contributed by atoms with Crippen LogP contribution in [0, 0.1) is 0 Å². The number of nitrogens with zero attached hydrogens (tertiary/aromatic N) is 3. The Morgan fingerprint density at radius 1 is 1.00 bits per heavy atom. The zero-order valence-corrected chi connectivity index (χ0v) is 14.7. The SMILES string of the molecule is O=C(Nc1ccc(-c2noc(-c3ccccn3)n2)cc1)c1cccc(Cl)c1. The van der Waals surface area contributed by atoms with E-state index < -0.39 is 0 Å². The molecule has 4 aromatic rings. The molecule has 0 aliphatic carbocycles. The molecule has 27 heavy (non-hydrogen) atoms. The summed E-state index contributed by atoms with van der Waals surface area (Å²) in [6, 6.07) is 19.4. The molecule has 0 radical (unpaired) electrons. The fourth-order valence-corrected chi connectivity index (χ4v) is 2.66. The molecule has 2 aromatic heterocycles. The monoisotopic (exact) mass is 376 g/mol. The van der Waals surface area contributed by atoms with Gasteiger partial charge in [0.25, 0.3) is 11.8 Å². The maximum Gasteiger partial charge on any atom is 0.276 e. The predicted molar refractivity (Wildman–Crippen MR) is 102 cm³/mol. The van der Waals surface area contributed by atoms with Crippen LogP contribution in [-0.2, 0) is 0 Å². The van der Waals surface area contributed by atoms with E-state index in [1.54, 1.807) is 60.8 Å². The van der Waals surface area contributed by atoms with E-state index in [9.17, 15) is 4.79 Å². The highest BCUT2D eigenvalue weighted by Gasteiger charge is 2.12.